The SMILES string of the molecule is CCCNC(=O)CCNc1cnc(C(=O)OC)cn1. The standard InChI is InChI=1S/C12H18N4O3/c1-3-5-14-11(17)4-6-13-10-8-15-9(7-16-10)12(18)19-2/h7-8H,3-6H2,1-2H3,(H,13,16)(H,14,17). The fourth-order valence-electron chi connectivity index (χ4n) is 1.29. The highest BCUT2D eigenvalue weighted by Gasteiger charge is 2.07. The van der Waals surface area contributed by atoms with Crippen molar-refractivity contribution in [1.82, 2.24) is 15.3 Å². The zero-order chi connectivity index (χ0) is 14.1. The monoisotopic (exact) mass is 266 g/mol. The van der Waals surface area contributed by atoms with E-state index in [-0.39, 0.29) is 11.6 Å². The van der Waals surface area contributed by atoms with E-state index in [0.717, 1.165) is 6.42 Å². The first-order valence-electron chi connectivity index (χ1n) is 6.08. The molecule has 0 aliphatic heterocycles. The normalized spacial score (nSPS) is 9.79. The van der Waals surface area contributed by atoms with Crippen LogP contribution < -0.4 is 10.6 Å². The number of aromatic nitrogens is 2. The summed E-state index contributed by atoms with van der Waals surface area (Å²) in [4.78, 5) is 30.4. The molecule has 7 heteroatoms. The number of methoxy groups -OCH3 is 1. The Kier molecular flexibility index (Phi) is 6.28. The van der Waals surface area contributed by atoms with E-state index in [1.807, 2.05) is 6.92 Å². The summed E-state index contributed by atoms with van der Waals surface area (Å²) in [6.45, 7) is 3.14. The average molecular weight is 266 g/mol. The molecule has 0 spiro atoms. The van der Waals surface area contributed by atoms with Crippen molar-refractivity contribution in [3.8, 4) is 0 Å². The first-order chi connectivity index (χ1) is 9.17. The molecule has 19 heavy (non-hydrogen) atoms. The molecule has 0 aliphatic carbocycles. The highest BCUT2D eigenvalue weighted by Crippen LogP contribution is 2.02. The average Bonchev–Trinajstić information content (AvgIpc) is 2.45. The van der Waals surface area contributed by atoms with Crippen molar-refractivity contribution >= 4 is 17.7 Å². The van der Waals surface area contributed by atoms with Gasteiger partial charge in [-0.1, -0.05) is 6.92 Å². The Morgan fingerprint density at radius 2 is 2.05 bits per heavy atom. The maximum absolute atomic E-state index is 11.3. The van der Waals surface area contributed by atoms with Crippen LogP contribution in [0.5, 0.6) is 0 Å². The summed E-state index contributed by atoms with van der Waals surface area (Å²) in [6, 6.07) is 0. The molecule has 0 radical (unpaired) electrons. The van der Waals surface area contributed by atoms with Crippen molar-refractivity contribution in [2.75, 3.05) is 25.5 Å². The second-order valence-corrected chi connectivity index (χ2v) is 3.81. The van der Waals surface area contributed by atoms with Gasteiger partial charge >= 0.3 is 5.97 Å². The van der Waals surface area contributed by atoms with E-state index in [1.54, 1.807) is 0 Å². The molecule has 0 bridgehead atoms. The summed E-state index contributed by atoms with van der Waals surface area (Å²) >= 11 is 0. The number of ether oxygens (including phenoxy) is 1. The number of carbonyl (C=O) groups excluding carboxylic acids is 2. The molecule has 104 valence electrons. The second-order valence-electron chi connectivity index (χ2n) is 3.81. The first-order valence-corrected chi connectivity index (χ1v) is 6.08. The number of rotatable bonds is 7. The maximum atomic E-state index is 11.3. The van der Waals surface area contributed by atoms with Crippen LogP contribution in [-0.2, 0) is 9.53 Å². The fraction of sp³-hybridized carbons (Fsp3) is 0.500. The van der Waals surface area contributed by atoms with Gasteiger partial charge in [-0.25, -0.2) is 14.8 Å². The molecule has 0 atom stereocenters. The van der Waals surface area contributed by atoms with Crippen LogP contribution in [0.2, 0.25) is 0 Å². The molecule has 1 heterocycles. The predicted octanol–water partition coefficient (Wildman–Crippen LogP) is 0.591. The minimum Gasteiger partial charge on any atom is -0.464 e. The lowest BCUT2D eigenvalue weighted by atomic mass is 10.3. The van der Waals surface area contributed by atoms with Gasteiger partial charge in [0, 0.05) is 19.5 Å². The predicted molar refractivity (Wildman–Crippen MR) is 69.8 cm³/mol. The molecule has 0 saturated carbocycles. The van der Waals surface area contributed by atoms with Gasteiger partial charge in [0.25, 0.3) is 0 Å². The first kappa shape index (κ1) is 14.9. The lowest BCUT2D eigenvalue weighted by Gasteiger charge is -2.06. The van der Waals surface area contributed by atoms with Gasteiger partial charge in [0.15, 0.2) is 5.69 Å². The van der Waals surface area contributed by atoms with Crippen LogP contribution in [0.25, 0.3) is 0 Å². The molecule has 0 aromatic carbocycles. The summed E-state index contributed by atoms with van der Waals surface area (Å²) in [5.41, 5.74) is 0.147. The molecule has 1 aromatic heterocycles. The number of carbonyl (C=O) groups is 2. The largest absolute Gasteiger partial charge is 0.464 e. The van der Waals surface area contributed by atoms with E-state index in [2.05, 4.69) is 25.3 Å². The van der Waals surface area contributed by atoms with Gasteiger partial charge in [0.2, 0.25) is 5.91 Å². The van der Waals surface area contributed by atoms with Crippen molar-refractivity contribution < 1.29 is 14.3 Å². The minimum atomic E-state index is -0.530. The highest BCUT2D eigenvalue weighted by atomic mass is 16.5. The molecule has 0 saturated heterocycles. The number of amides is 1. The molecular weight excluding hydrogens is 248 g/mol. The smallest absolute Gasteiger partial charge is 0.358 e. The number of anilines is 1. The third-order valence-electron chi connectivity index (χ3n) is 2.28. The number of nitrogens with one attached hydrogen (secondary N) is 2. The number of nitrogens with zero attached hydrogens (tertiary/aromatic N) is 2. The Morgan fingerprint density at radius 3 is 2.63 bits per heavy atom. The van der Waals surface area contributed by atoms with Crippen LogP contribution in [0.15, 0.2) is 12.4 Å². The van der Waals surface area contributed by atoms with Crippen LogP contribution in [-0.4, -0.2) is 42.0 Å². The van der Waals surface area contributed by atoms with Crippen LogP contribution >= 0.6 is 0 Å². The van der Waals surface area contributed by atoms with E-state index < -0.39 is 5.97 Å². The van der Waals surface area contributed by atoms with Crippen molar-refractivity contribution in [3.63, 3.8) is 0 Å². The Morgan fingerprint density at radius 1 is 1.26 bits per heavy atom. The van der Waals surface area contributed by atoms with E-state index in [4.69, 9.17) is 0 Å². The third kappa shape index (κ3) is 5.33. The maximum Gasteiger partial charge on any atom is 0.358 e. The molecule has 0 unspecified atom stereocenters. The lowest BCUT2D eigenvalue weighted by molar-refractivity contribution is -0.120. The van der Waals surface area contributed by atoms with Gasteiger partial charge in [-0.05, 0) is 6.42 Å². The molecular formula is C12H18N4O3. The van der Waals surface area contributed by atoms with Gasteiger partial charge in [0.1, 0.15) is 5.82 Å². The van der Waals surface area contributed by atoms with Crippen molar-refractivity contribution in [1.29, 1.82) is 0 Å². The fourth-order valence-corrected chi connectivity index (χ4v) is 1.29. The van der Waals surface area contributed by atoms with E-state index >= 15 is 0 Å². The van der Waals surface area contributed by atoms with Crippen LogP contribution in [0.3, 0.4) is 0 Å². The summed E-state index contributed by atoms with van der Waals surface area (Å²) in [5.74, 6) is -0.0255. The zero-order valence-electron chi connectivity index (χ0n) is 11.1. The molecule has 1 rings (SSSR count). The Labute approximate surface area is 111 Å². The number of hydrogen-bond donors (Lipinski definition) is 2. The molecule has 0 fully saturated rings. The lowest BCUT2D eigenvalue weighted by Crippen LogP contribution is -2.26. The van der Waals surface area contributed by atoms with Crippen molar-refractivity contribution in [3.05, 3.63) is 18.1 Å². The molecule has 1 aromatic rings. The van der Waals surface area contributed by atoms with Crippen molar-refractivity contribution in [2.45, 2.75) is 19.8 Å². The van der Waals surface area contributed by atoms with E-state index in [9.17, 15) is 9.59 Å². The Hall–Kier alpha value is -2.18. The summed E-state index contributed by atoms with van der Waals surface area (Å²) in [6.07, 6.45) is 4.03. The molecule has 0 aliphatic rings. The molecule has 7 nitrogen and oxygen atoms in total. The topological polar surface area (TPSA) is 93.2 Å². The highest BCUT2D eigenvalue weighted by molar-refractivity contribution is 5.86. The summed E-state index contributed by atoms with van der Waals surface area (Å²) in [7, 11) is 1.28. The Bertz CT molecular complexity index is 419. The van der Waals surface area contributed by atoms with Gasteiger partial charge in [-0.3, -0.25) is 4.79 Å². The molecule has 1 amide bonds. The molecule has 2 N–H and O–H groups in total. The van der Waals surface area contributed by atoms with Crippen molar-refractivity contribution in [2.24, 2.45) is 0 Å². The van der Waals surface area contributed by atoms with E-state index in [1.165, 1.54) is 19.5 Å². The quantitative estimate of drug-likeness (QED) is 0.702. The van der Waals surface area contributed by atoms with Gasteiger partial charge in [0.05, 0.1) is 19.5 Å². The third-order valence-corrected chi connectivity index (χ3v) is 2.28. The summed E-state index contributed by atoms with van der Waals surface area (Å²) in [5, 5.41) is 5.72. The van der Waals surface area contributed by atoms with Crippen LogP contribution in [0, 0.1) is 0 Å². The van der Waals surface area contributed by atoms with Gasteiger partial charge in [-0.15, -0.1) is 0 Å². The van der Waals surface area contributed by atoms with Gasteiger partial charge in [-0.2, -0.15) is 0 Å². The van der Waals surface area contributed by atoms with Gasteiger partial charge < -0.3 is 15.4 Å². The number of esters is 1. The minimum absolute atomic E-state index is 0.00603. The zero-order valence-corrected chi connectivity index (χ0v) is 11.1. The van der Waals surface area contributed by atoms with Crippen LogP contribution in [0.4, 0.5) is 5.82 Å². The summed E-state index contributed by atoms with van der Waals surface area (Å²) < 4.78 is 4.51. The van der Waals surface area contributed by atoms with Crippen LogP contribution in [0.1, 0.15) is 30.3 Å². The van der Waals surface area contributed by atoms with E-state index in [0.29, 0.717) is 25.3 Å². The Balaban J connectivity index is 2.34. The number of hydrogen-bond acceptors (Lipinski definition) is 6. The second kappa shape index (κ2) is 8.02.